The van der Waals surface area contributed by atoms with Gasteiger partial charge in [-0.25, -0.2) is 4.79 Å². The lowest BCUT2D eigenvalue weighted by Gasteiger charge is -2.17. The third-order valence-electron chi connectivity index (χ3n) is 4.55. The fourth-order valence-corrected chi connectivity index (χ4v) is 2.54. The smallest absolute Gasteiger partial charge is 0.342 e. The van der Waals surface area contributed by atoms with E-state index in [1.807, 2.05) is 13.8 Å². The molecule has 4 atom stereocenters. The first-order valence-electron chi connectivity index (χ1n) is 8.55. The molecule has 140 valence electrons. The van der Waals surface area contributed by atoms with Gasteiger partial charge in [-0.15, -0.1) is 0 Å². The van der Waals surface area contributed by atoms with Gasteiger partial charge in [-0.1, -0.05) is 44.2 Å². The second-order valence-corrected chi connectivity index (χ2v) is 6.59. The molecule has 1 aromatic carbocycles. The maximum absolute atomic E-state index is 12.4. The lowest BCUT2D eigenvalue weighted by Crippen LogP contribution is -2.32. The Morgan fingerprint density at radius 2 is 1.85 bits per heavy atom. The van der Waals surface area contributed by atoms with E-state index in [2.05, 4.69) is 0 Å². The molecule has 0 spiro atoms. The van der Waals surface area contributed by atoms with Crippen molar-refractivity contribution in [1.29, 1.82) is 0 Å². The van der Waals surface area contributed by atoms with Gasteiger partial charge < -0.3 is 20.1 Å². The third-order valence-corrected chi connectivity index (χ3v) is 4.55. The fraction of sp³-hybridized carbons (Fsp3) is 0.400. The van der Waals surface area contributed by atoms with Crippen LogP contribution in [0.5, 0.6) is 5.75 Å². The van der Waals surface area contributed by atoms with Crippen LogP contribution in [-0.4, -0.2) is 45.9 Å². The number of phenolic OH excluding ortho intramolecular Hbond substituents is 1. The third kappa shape index (κ3) is 4.80. The summed E-state index contributed by atoms with van der Waals surface area (Å²) in [6.45, 7) is 3.83. The fourth-order valence-electron chi connectivity index (χ4n) is 2.54. The van der Waals surface area contributed by atoms with E-state index in [0.29, 0.717) is 5.56 Å². The van der Waals surface area contributed by atoms with Crippen molar-refractivity contribution in [3.05, 3.63) is 47.6 Å². The first-order valence-corrected chi connectivity index (χ1v) is 8.55. The number of esters is 1. The van der Waals surface area contributed by atoms with Crippen molar-refractivity contribution in [2.24, 2.45) is 11.8 Å². The molecule has 0 aliphatic carbocycles. The molecule has 26 heavy (non-hydrogen) atoms. The zero-order valence-electron chi connectivity index (χ0n) is 14.8. The number of rotatable bonds is 0. The summed E-state index contributed by atoms with van der Waals surface area (Å²) in [6.07, 6.45) is 3.16. The van der Waals surface area contributed by atoms with Crippen molar-refractivity contribution < 1.29 is 29.6 Å². The number of cyclic esters (lactones) is 1. The molecule has 6 heteroatoms. The van der Waals surface area contributed by atoms with Gasteiger partial charge in [0.2, 0.25) is 0 Å². The first kappa shape index (κ1) is 19.9. The summed E-state index contributed by atoms with van der Waals surface area (Å²) < 4.78 is 5.33. The summed E-state index contributed by atoms with van der Waals surface area (Å²) in [7, 11) is 0. The van der Waals surface area contributed by atoms with Crippen LogP contribution in [0.4, 0.5) is 0 Å². The van der Waals surface area contributed by atoms with Gasteiger partial charge in [-0.3, -0.25) is 4.79 Å². The number of hydrogen-bond acceptors (Lipinski definition) is 6. The molecule has 0 fully saturated rings. The van der Waals surface area contributed by atoms with Gasteiger partial charge in [0.1, 0.15) is 17.4 Å². The molecule has 0 aromatic heterocycles. The number of aliphatic hydroxyl groups excluding tert-OH is 2. The Morgan fingerprint density at radius 3 is 2.58 bits per heavy atom. The van der Waals surface area contributed by atoms with Crippen molar-refractivity contribution in [2.45, 2.75) is 32.5 Å². The minimum Gasteiger partial charge on any atom is -0.507 e. The Bertz CT molecular complexity index is 721. The van der Waals surface area contributed by atoms with Gasteiger partial charge in [-0.05, 0) is 36.0 Å². The molecule has 0 amide bonds. The lowest BCUT2D eigenvalue weighted by molar-refractivity contribution is -0.127. The van der Waals surface area contributed by atoms with E-state index in [9.17, 15) is 24.9 Å². The number of aromatic hydroxyl groups is 1. The minimum atomic E-state index is -1.52. The van der Waals surface area contributed by atoms with E-state index in [0.717, 1.165) is 0 Å². The molecule has 2 rings (SSSR count). The number of fused-ring (bicyclic) bond motifs is 1. The van der Waals surface area contributed by atoms with Crippen LogP contribution in [0.3, 0.4) is 0 Å². The second kappa shape index (κ2) is 8.78. The van der Waals surface area contributed by atoms with E-state index in [1.165, 1.54) is 24.3 Å². The average Bonchev–Trinajstić information content (AvgIpc) is 2.62. The normalized spacial score (nSPS) is 30.5. The molecule has 0 bridgehead atoms. The van der Waals surface area contributed by atoms with E-state index in [-0.39, 0.29) is 36.2 Å². The molecular formula is C20H24O6. The number of ether oxygens (including phenoxy) is 1. The van der Waals surface area contributed by atoms with E-state index in [1.54, 1.807) is 18.2 Å². The van der Waals surface area contributed by atoms with Crippen LogP contribution in [0.1, 0.15) is 36.2 Å². The number of benzene rings is 1. The predicted octanol–water partition coefficient (Wildman–Crippen LogP) is 2.09. The number of hydrogen-bond donors (Lipinski definition) is 3. The monoisotopic (exact) mass is 360 g/mol. The SMILES string of the molecule is C[C@@H]1/C=C\C(=O)[C@@H](O)[C@@H](O)C/C=C/c2cccc(O)c2C(=O)OC[C@@H]1C. The Labute approximate surface area is 152 Å². The number of carbonyl (C=O) groups excluding carboxylic acids is 2. The van der Waals surface area contributed by atoms with Gasteiger partial charge in [0.05, 0.1) is 12.7 Å². The number of phenols is 1. The molecular weight excluding hydrogens is 336 g/mol. The zero-order chi connectivity index (χ0) is 19.3. The standard InChI is InChI=1S/C20H24O6/c1-12-9-10-17(23)19(24)16(22)8-4-6-14-5-3-7-15(21)18(14)20(25)26-11-13(12)2/h3-7,9-10,12-13,16,19,21-22,24H,8,11H2,1-2H3/b6-4+,10-9-/t12-,13+,16+,19+/m1/s1. The Balaban J connectivity index is 2.38. The Kier molecular flexibility index (Phi) is 6.71. The highest BCUT2D eigenvalue weighted by molar-refractivity contribution is 5.96. The van der Waals surface area contributed by atoms with Crippen molar-refractivity contribution in [3.63, 3.8) is 0 Å². The van der Waals surface area contributed by atoms with Crippen LogP contribution in [-0.2, 0) is 9.53 Å². The van der Waals surface area contributed by atoms with E-state index < -0.39 is 24.0 Å². The quantitative estimate of drug-likeness (QED) is 0.612. The summed E-state index contributed by atoms with van der Waals surface area (Å²) in [5.41, 5.74) is 0.469. The molecule has 1 aromatic rings. The van der Waals surface area contributed by atoms with Crippen molar-refractivity contribution >= 4 is 17.8 Å². The van der Waals surface area contributed by atoms with Crippen LogP contribution in [0.15, 0.2) is 36.4 Å². The maximum atomic E-state index is 12.4. The highest BCUT2D eigenvalue weighted by Gasteiger charge is 2.23. The van der Waals surface area contributed by atoms with E-state index in [4.69, 9.17) is 4.74 Å². The number of aliphatic hydroxyl groups is 2. The van der Waals surface area contributed by atoms with Gasteiger partial charge in [-0.2, -0.15) is 0 Å². The average molecular weight is 360 g/mol. The largest absolute Gasteiger partial charge is 0.507 e. The number of ketones is 1. The first-order chi connectivity index (χ1) is 12.3. The Morgan fingerprint density at radius 1 is 1.12 bits per heavy atom. The predicted molar refractivity (Wildman–Crippen MR) is 96.5 cm³/mol. The summed E-state index contributed by atoms with van der Waals surface area (Å²) in [5, 5.41) is 30.0. The second-order valence-electron chi connectivity index (χ2n) is 6.59. The van der Waals surface area contributed by atoms with Gasteiger partial charge in [0.25, 0.3) is 0 Å². The van der Waals surface area contributed by atoms with Gasteiger partial charge in [0.15, 0.2) is 5.78 Å². The summed E-state index contributed by atoms with van der Waals surface area (Å²) in [4.78, 5) is 24.4. The lowest BCUT2D eigenvalue weighted by atomic mass is 9.95. The summed E-state index contributed by atoms with van der Waals surface area (Å²) >= 11 is 0. The molecule has 1 aliphatic rings. The molecule has 0 saturated heterocycles. The molecule has 6 nitrogen and oxygen atoms in total. The molecule has 0 saturated carbocycles. The molecule has 0 radical (unpaired) electrons. The van der Waals surface area contributed by atoms with Crippen LogP contribution < -0.4 is 0 Å². The van der Waals surface area contributed by atoms with E-state index >= 15 is 0 Å². The highest BCUT2D eigenvalue weighted by Crippen LogP contribution is 2.24. The number of allylic oxidation sites excluding steroid dienone is 1. The van der Waals surface area contributed by atoms with Crippen LogP contribution in [0, 0.1) is 11.8 Å². The van der Waals surface area contributed by atoms with Crippen LogP contribution in [0.25, 0.3) is 6.08 Å². The Hall–Kier alpha value is -2.44. The zero-order valence-corrected chi connectivity index (χ0v) is 14.8. The summed E-state index contributed by atoms with van der Waals surface area (Å²) in [6, 6.07) is 4.62. The van der Waals surface area contributed by atoms with Crippen molar-refractivity contribution in [2.75, 3.05) is 6.61 Å². The minimum absolute atomic E-state index is 0.0108. The topological polar surface area (TPSA) is 104 Å². The van der Waals surface area contributed by atoms with Crippen molar-refractivity contribution in [1.82, 2.24) is 0 Å². The van der Waals surface area contributed by atoms with Crippen molar-refractivity contribution in [3.8, 4) is 5.75 Å². The molecule has 1 heterocycles. The van der Waals surface area contributed by atoms with Gasteiger partial charge in [0, 0.05) is 0 Å². The maximum Gasteiger partial charge on any atom is 0.342 e. The molecule has 3 N–H and O–H groups in total. The van der Waals surface area contributed by atoms with Gasteiger partial charge >= 0.3 is 5.97 Å². The van der Waals surface area contributed by atoms with Crippen LogP contribution >= 0.6 is 0 Å². The summed E-state index contributed by atoms with van der Waals surface area (Å²) in [5.74, 6) is -1.59. The molecule has 1 aliphatic heterocycles. The van der Waals surface area contributed by atoms with Crippen LogP contribution in [0.2, 0.25) is 0 Å². The molecule has 0 unspecified atom stereocenters. The highest BCUT2D eigenvalue weighted by atomic mass is 16.5. The number of carbonyl (C=O) groups is 2.